The summed E-state index contributed by atoms with van der Waals surface area (Å²) in [6.07, 6.45) is 5.27. The maximum atomic E-state index is 13.1. The number of methoxy groups -OCH3 is 1. The first-order chi connectivity index (χ1) is 14.9. The number of pyridine rings is 1. The van der Waals surface area contributed by atoms with Gasteiger partial charge in [0.1, 0.15) is 5.75 Å². The predicted octanol–water partition coefficient (Wildman–Crippen LogP) is 4.88. The van der Waals surface area contributed by atoms with Gasteiger partial charge in [0.2, 0.25) is 0 Å². The Balaban J connectivity index is 1.49. The summed E-state index contributed by atoms with van der Waals surface area (Å²) in [5, 5.41) is 0. The Morgan fingerprint density at radius 3 is 2.58 bits per heavy atom. The third-order valence-corrected chi connectivity index (χ3v) is 7.21. The van der Waals surface area contributed by atoms with Crippen LogP contribution in [0.2, 0.25) is 0 Å². The maximum Gasteiger partial charge on any atom is 0.255 e. The Morgan fingerprint density at radius 1 is 1.10 bits per heavy atom. The minimum atomic E-state index is 0.112. The molecule has 31 heavy (non-hydrogen) atoms. The van der Waals surface area contributed by atoms with E-state index in [1.165, 1.54) is 29.5 Å². The zero-order valence-electron chi connectivity index (χ0n) is 19.5. The first-order valence-electron chi connectivity index (χ1n) is 11.6. The normalized spacial score (nSPS) is 21.8. The first-order valence-corrected chi connectivity index (χ1v) is 11.6. The van der Waals surface area contributed by atoms with Crippen LogP contribution in [0.25, 0.3) is 0 Å². The van der Waals surface area contributed by atoms with E-state index in [0.29, 0.717) is 23.6 Å². The number of piperidine rings is 1. The molecule has 2 unspecified atom stereocenters. The molecule has 0 spiro atoms. The van der Waals surface area contributed by atoms with Crippen molar-refractivity contribution < 1.29 is 9.53 Å². The Morgan fingerprint density at radius 2 is 1.90 bits per heavy atom. The second kappa shape index (κ2) is 8.99. The van der Waals surface area contributed by atoms with Crippen LogP contribution in [0.15, 0.2) is 30.5 Å². The van der Waals surface area contributed by atoms with Crippen molar-refractivity contribution in [2.75, 3.05) is 26.7 Å². The van der Waals surface area contributed by atoms with Crippen molar-refractivity contribution in [3.8, 4) is 5.75 Å². The lowest BCUT2D eigenvalue weighted by molar-refractivity contribution is 0.0101. The molecule has 2 atom stereocenters. The standard InChI is InChI=1S/C26H35N3O2/c1-17(2)23-11-9-20(15-27-23)26(30)28-13-14-29-21(16-28)7-6-8-24(29)22-10-12-25(31-5)19(4)18(22)3/h9-12,15,17,21,24H,6-8,13-14,16H2,1-5H3. The van der Waals surface area contributed by atoms with E-state index in [1.54, 1.807) is 13.3 Å². The van der Waals surface area contributed by atoms with Crippen molar-refractivity contribution in [2.45, 2.75) is 65.0 Å². The molecule has 2 aromatic rings. The van der Waals surface area contributed by atoms with Crippen molar-refractivity contribution in [3.63, 3.8) is 0 Å². The smallest absolute Gasteiger partial charge is 0.255 e. The molecule has 3 heterocycles. The van der Waals surface area contributed by atoms with E-state index in [9.17, 15) is 4.79 Å². The molecule has 0 radical (unpaired) electrons. The second-order valence-corrected chi connectivity index (χ2v) is 9.32. The number of fused-ring (bicyclic) bond motifs is 1. The molecule has 166 valence electrons. The fraction of sp³-hybridized carbons (Fsp3) is 0.538. The van der Waals surface area contributed by atoms with Crippen molar-refractivity contribution in [1.29, 1.82) is 0 Å². The van der Waals surface area contributed by atoms with Crippen LogP contribution in [0.1, 0.15) is 77.8 Å². The van der Waals surface area contributed by atoms with Crippen LogP contribution in [0.4, 0.5) is 0 Å². The average Bonchev–Trinajstić information content (AvgIpc) is 2.79. The van der Waals surface area contributed by atoms with E-state index in [2.05, 4.69) is 49.7 Å². The summed E-state index contributed by atoms with van der Waals surface area (Å²) >= 11 is 0. The minimum absolute atomic E-state index is 0.112. The van der Waals surface area contributed by atoms with Gasteiger partial charge in [-0.25, -0.2) is 0 Å². The maximum absolute atomic E-state index is 13.1. The monoisotopic (exact) mass is 421 g/mol. The molecule has 1 aromatic carbocycles. The number of hydrogen-bond acceptors (Lipinski definition) is 4. The highest BCUT2D eigenvalue weighted by atomic mass is 16.5. The van der Waals surface area contributed by atoms with Crippen LogP contribution in [0.5, 0.6) is 5.75 Å². The lowest BCUT2D eigenvalue weighted by Gasteiger charge is -2.48. The number of hydrogen-bond donors (Lipinski definition) is 0. The molecule has 2 saturated heterocycles. The molecule has 1 aromatic heterocycles. The molecule has 4 rings (SSSR count). The van der Waals surface area contributed by atoms with E-state index >= 15 is 0 Å². The molecule has 0 bridgehead atoms. The van der Waals surface area contributed by atoms with Crippen LogP contribution < -0.4 is 4.74 Å². The molecule has 5 nitrogen and oxygen atoms in total. The van der Waals surface area contributed by atoms with Gasteiger partial charge in [-0.1, -0.05) is 19.9 Å². The number of ether oxygens (including phenoxy) is 1. The Bertz CT molecular complexity index is 938. The third kappa shape index (κ3) is 4.20. The molecular formula is C26H35N3O2. The average molecular weight is 422 g/mol. The molecule has 0 aliphatic carbocycles. The molecule has 2 aliphatic heterocycles. The summed E-state index contributed by atoms with van der Waals surface area (Å²) in [6.45, 7) is 11.1. The summed E-state index contributed by atoms with van der Waals surface area (Å²) < 4.78 is 5.51. The molecule has 2 aliphatic rings. The van der Waals surface area contributed by atoms with E-state index < -0.39 is 0 Å². The van der Waals surface area contributed by atoms with Crippen LogP contribution in [-0.2, 0) is 0 Å². The lowest BCUT2D eigenvalue weighted by Crippen LogP contribution is -2.57. The van der Waals surface area contributed by atoms with Gasteiger partial charge >= 0.3 is 0 Å². The van der Waals surface area contributed by atoms with Gasteiger partial charge in [0.05, 0.1) is 12.7 Å². The van der Waals surface area contributed by atoms with Gasteiger partial charge in [0.15, 0.2) is 0 Å². The quantitative estimate of drug-likeness (QED) is 0.706. The minimum Gasteiger partial charge on any atom is -0.496 e. The molecule has 0 saturated carbocycles. The van der Waals surface area contributed by atoms with Crippen molar-refractivity contribution in [3.05, 3.63) is 58.4 Å². The van der Waals surface area contributed by atoms with Gasteiger partial charge in [0, 0.05) is 43.6 Å². The zero-order chi connectivity index (χ0) is 22.1. The van der Waals surface area contributed by atoms with Crippen LogP contribution in [0, 0.1) is 13.8 Å². The SMILES string of the molecule is COc1ccc(C2CCCC3CN(C(=O)c4ccc(C(C)C)nc4)CCN32)c(C)c1C. The van der Waals surface area contributed by atoms with Gasteiger partial charge < -0.3 is 9.64 Å². The van der Waals surface area contributed by atoms with Crippen molar-refractivity contribution in [2.24, 2.45) is 0 Å². The number of nitrogens with zero attached hydrogens (tertiary/aromatic N) is 3. The van der Waals surface area contributed by atoms with Gasteiger partial charge in [-0.15, -0.1) is 0 Å². The highest BCUT2D eigenvalue weighted by molar-refractivity contribution is 5.94. The second-order valence-electron chi connectivity index (χ2n) is 9.32. The number of aromatic nitrogens is 1. The van der Waals surface area contributed by atoms with Gasteiger partial charge in [-0.3, -0.25) is 14.7 Å². The van der Waals surface area contributed by atoms with E-state index in [0.717, 1.165) is 37.5 Å². The largest absolute Gasteiger partial charge is 0.496 e. The lowest BCUT2D eigenvalue weighted by atomic mass is 9.86. The van der Waals surface area contributed by atoms with Crippen molar-refractivity contribution in [1.82, 2.24) is 14.8 Å². The Labute approximate surface area is 186 Å². The van der Waals surface area contributed by atoms with E-state index in [-0.39, 0.29) is 5.91 Å². The number of amides is 1. The number of rotatable bonds is 4. The van der Waals surface area contributed by atoms with Crippen molar-refractivity contribution >= 4 is 5.91 Å². The molecular weight excluding hydrogens is 386 g/mol. The summed E-state index contributed by atoms with van der Waals surface area (Å²) in [4.78, 5) is 22.3. The Hall–Kier alpha value is -2.40. The van der Waals surface area contributed by atoms with Crippen LogP contribution in [-0.4, -0.2) is 53.5 Å². The van der Waals surface area contributed by atoms with Crippen LogP contribution in [0.3, 0.4) is 0 Å². The molecule has 2 fully saturated rings. The fourth-order valence-corrected chi connectivity index (χ4v) is 5.22. The zero-order valence-corrected chi connectivity index (χ0v) is 19.5. The molecule has 5 heteroatoms. The summed E-state index contributed by atoms with van der Waals surface area (Å²) in [5.41, 5.74) is 5.71. The van der Waals surface area contributed by atoms with Gasteiger partial charge in [0.25, 0.3) is 5.91 Å². The molecule has 0 N–H and O–H groups in total. The summed E-state index contributed by atoms with van der Waals surface area (Å²) in [5.74, 6) is 1.44. The topological polar surface area (TPSA) is 45.7 Å². The van der Waals surface area contributed by atoms with E-state index in [1.807, 2.05) is 17.0 Å². The highest BCUT2D eigenvalue weighted by Crippen LogP contribution is 2.39. The summed E-state index contributed by atoms with van der Waals surface area (Å²) in [7, 11) is 1.74. The highest BCUT2D eigenvalue weighted by Gasteiger charge is 2.37. The number of carbonyl (C=O) groups is 1. The molecule has 1 amide bonds. The number of piperazine rings is 1. The Kier molecular flexibility index (Phi) is 6.33. The van der Waals surface area contributed by atoms with Gasteiger partial charge in [-0.05, 0) is 73.9 Å². The predicted molar refractivity (Wildman–Crippen MR) is 124 cm³/mol. The first kappa shape index (κ1) is 21.8. The summed E-state index contributed by atoms with van der Waals surface area (Å²) in [6, 6.07) is 9.11. The van der Waals surface area contributed by atoms with Gasteiger partial charge in [-0.2, -0.15) is 0 Å². The number of benzene rings is 1. The fourth-order valence-electron chi connectivity index (χ4n) is 5.22. The van der Waals surface area contributed by atoms with E-state index in [4.69, 9.17) is 4.74 Å². The number of carbonyl (C=O) groups excluding carboxylic acids is 1. The third-order valence-electron chi connectivity index (χ3n) is 7.21. The van der Waals surface area contributed by atoms with Crippen LogP contribution >= 0.6 is 0 Å².